The highest BCUT2D eigenvalue weighted by Gasteiger charge is 2.36. The molecule has 8 heteroatoms. The highest BCUT2D eigenvalue weighted by atomic mass is 16.6. The molecule has 148 valence electrons. The molecule has 1 aromatic heterocycles. The maximum Gasteiger partial charge on any atom is 0.343 e. The lowest BCUT2D eigenvalue weighted by Crippen LogP contribution is -2.15. The summed E-state index contributed by atoms with van der Waals surface area (Å²) >= 11 is 0. The van der Waals surface area contributed by atoms with E-state index in [1.807, 2.05) is 12.1 Å². The number of cyclic esters (lactones) is 1. The number of fused-ring (bicyclic) bond motifs is 1. The van der Waals surface area contributed by atoms with Crippen molar-refractivity contribution in [2.75, 3.05) is 19.5 Å². The number of ether oxygens (including phenoxy) is 3. The number of nitrogens with one attached hydrogen (secondary N) is 2. The third kappa shape index (κ3) is 3.52. The lowest BCUT2D eigenvalue weighted by molar-refractivity contribution is -0.118. The van der Waals surface area contributed by atoms with E-state index in [0.29, 0.717) is 28.3 Å². The fourth-order valence-electron chi connectivity index (χ4n) is 3.35. The second kappa shape index (κ2) is 7.67. The Hall–Kier alpha value is -3.81. The first-order chi connectivity index (χ1) is 14.1. The van der Waals surface area contributed by atoms with Crippen LogP contribution in [-0.2, 0) is 9.53 Å². The van der Waals surface area contributed by atoms with Gasteiger partial charge in [-0.3, -0.25) is 4.79 Å². The molecule has 4 rings (SSSR count). The minimum Gasteiger partial charge on any atom is -0.493 e. The molecule has 1 atom stereocenters. The summed E-state index contributed by atoms with van der Waals surface area (Å²) in [5.41, 5.74) is 3.41. The molecule has 29 heavy (non-hydrogen) atoms. The molecule has 0 aliphatic carbocycles. The molecule has 0 fully saturated rings. The van der Waals surface area contributed by atoms with Crippen LogP contribution < -0.4 is 14.8 Å². The molecule has 2 N–H and O–H groups in total. The number of aromatic nitrogens is 2. The topological polar surface area (TPSA) is 103 Å². The molecule has 1 amide bonds. The Kier molecular flexibility index (Phi) is 4.90. The number of hydrogen-bond donors (Lipinski definition) is 2. The number of carbonyl (C=O) groups excluding carboxylic acids is 2. The molecule has 0 unspecified atom stereocenters. The zero-order valence-electron chi connectivity index (χ0n) is 15.9. The van der Waals surface area contributed by atoms with Gasteiger partial charge in [-0.25, -0.2) is 9.78 Å². The largest absolute Gasteiger partial charge is 0.493 e. The van der Waals surface area contributed by atoms with Crippen LogP contribution in [0.2, 0.25) is 0 Å². The van der Waals surface area contributed by atoms with Gasteiger partial charge < -0.3 is 24.5 Å². The quantitative estimate of drug-likeness (QED) is 0.623. The van der Waals surface area contributed by atoms with Gasteiger partial charge in [-0.05, 0) is 23.8 Å². The molecule has 1 aliphatic rings. The summed E-state index contributed by atoms with van der Waals surface area (Å²) in [5, 5.41) is 2.83. The summed E-state index contributed by atoms with van der Waals surface area (Å²) in [7, 11) is 2.95. The van der Waals surface area contributed by atoms with Crippen LogP contribution in [0.4, 0.5) is 5.69 Å². The van der Waals surface area contributed by atoms with E-state index in [1.165, 1.54) is 14.2 Å². The van der Waals surface area contributed by atoms with Crippen molar-refractivity contribution in [3.8, 4) is 22.8 Å². The monoisotopic (exact) mass is 393 g/mol. The van der Waals surface area contributed by atoms with Gasteiger partial charge in [-0.1, -0.05) is 18.2 Å². The molecule has 1 aliphatic heterocycles. The van der Waals surface area contributed by atoms with Crippen LogP contribution in [0, 0.1) is 0 Å². The number of nitrogens with zero attached hydrogens (tertiary/aromatic N) is 1. The average molecular weight is 393 g/mol. The van der Waals surface area contributed by atoms with Crippen LogP contribution in [0.5, 0.6) is 11.5 Å². The minimum atomic E-state index is -0.679. The maximum absolute atomic E-state index is 12.5. The second-order valence-electron chi connectivity index (χ2n) is 6.45. The number of hydrogen-bond acceptors (Lipinski definition) is 6. The van der Waals surface area contributed by atoms with Crippen molar-refractivity contribution in [2.24, 2.45) is 0 Å². The van der Waals surface area contributed by atoms with Crippen molar-refractivity contribution in [1.29, 1.82) is 0 Å². The Morgan fingerprint density at radius 2 is 1.97 bits per heavy atom. The third-order valence-electron chi connectivity index (χ3n) is 4.73. The number of rotatable bonds is 6. The van der Waals surface area contributed by atoms with Gasteiger partial charge in [-0.2, -0.15) is 0 Å². The van der Waals surface area contributed by atoms with Crippen molar-refractivity contribution in [2.45, 2.75) is 12.5 Å². The Morgan fingerprint density at radius 1 is 1.17 bits per heavy atom. The van der Waals surface area contributed by atoms with Crippen molar-refractivity contribution >= 4 is 17.6 Å². The summed E-state index contributed by atoms with van der Waals surface area (Å²) in [6, 6.07) is 10.8. The van der Waals surface area contributed by atoms with E-state index in [4.69, 9.17) is 14.2 Å². The molecule has 0 radical (unpaired) electrons. The van der Waals surface area contributed by atoms with E-state index in [2.05, 4.69) is 15.3 Å². The van der Waals surface area contributed by atoms with Gasteiger partial charge in [0.15, 0.2) is 11.5 Å². The molecule has 8 nitrogen and oxygen atoms in total. The fraction of sp³-hybridized carbons (Fsp3) is 0.190. The van der Waals surface area contributed by atoms with Crippen LogP contribution in [0.15, 0.2) is 48.9 Å². The zero-order valence-corrected chi connectivity index (χ0v) is 15.9. The van der Waals surface area contributed by atoms with Crippen LogP contribution in [0.25, 0.3) is 11.3 Å². The van der Waals surface area contributed by atoms with Crippen LogP contribution in [0.1, 0.15) is 28.4 Å². The minimum absolute atomic E-state index is 0.00345. The number of amides is 1. The molecular weight excluding hydrogens is 374 g/mol. The van der Waals surface area contributed by atoms with Crippen molar-refractivity contribution in [3.63, 3.8) is 0 Å². The smallest absolute Gasteiger partial charge is 0.343 e. The van der Waals surface area contributed by atoms with Gasteiger partial charge in [-0.15, -0.1) is 0 Å². The normalized spacial score (nSPS) is 14.8. The molecule has 2 aromatic carbocycles. The molecule has 0 spiro atoms. The second-order valence-corrected chi connectivity index (χ2v) is 6.45. The number of methoxy groups -OCH3 is 2. The number of imidazole rings is 1. The standard InChI is InChI=1S/C21H19N3O5/c1-27-16-8-7-14-17(29-21(26)19(14)20(16)28-2)9-18(25)24-13-5-3-12(4-6-13)15-10-22-11-23-15/h3-8,10-11,17H,9H2,1-2H3,(H,22,23)(H,24,25)/t17-/m1/s1. The SMILES string of the molecule is COc1ccc2c(c1OC)C(=O)O[C@@H]2CC(=O)Nc1ccc(-c2cnc[nH]2)cc1. The van der Waals surface area contributed by atoms with Gasteiger partial charge >= 0.3 is 5.97 Å². The molecule has 0 bridgehead atoms. The first kappa shape index (κ1) is 18.5. The zero-order chi connectivity index (χ0) is 20.4. The number of esters is 1. The highest BCUT2D eigenvalue weighted by molar-refractivity contribution is 5.99. The first-order valence-electron chi connectivity index (χ1n) is 8.95. The lowest BCUT2D eigenvalue weighted by atomic mass is 10.0. The van der Waals surface area contributed by atoms with Crippen LogP contribution in [0.3, 0.4) is 0 Å². The Morgan fingerprint density at radius 3 is 2.62 bits per heavy atom. The van der Waals surface area contributed by atoms with E-state index in [1.54, 1.807) is 36.8 Å². The first-order valence-corrected chi connectivity index (χ1v) is 8.95. The average Bonchev–Trinajstić information content (AvgIpc) is 3.37. The van der Waals surface area contributed by atoms with Crippen LogP contribution >= 0.6 is 0 Å². The van der Waals surface area contributed by atoms with Crippen molar-refractivity contribution < 1.29 is 23.8 Å². The fourth-order valence-corrected chi connectivity index (χ4v) is 3.35. The van der Waals surface area contributed by atoms with E-state index in [9.17, 15) is 9.59 Å². The number of anilines is 1. The Bertz CT molecular complexity index is 1040. The summed E-state index contributed by atoms with van der Waals surface area (Å²) in [6.45, 7) is 0. The summed E-state index contributed by atoms with van der Waals surface area (Å²) in [4.78, 5) is 31.8. The molecule has 0 saturated carbocycles. The van der Waals surface area contributed by atoms with Crippen molar-refractivity contribution in [1.82, 2.24) is 9.97 Å². The van der Waals surface area contributed by atoms with Gasteiger partial charge in [0, 0.05) is 11.3 Å². The number of H-pyrrole nitrogens is 1. The molecular formula is C21H19N3O5. The van der Waals surface area contributed by atoms with Crippen molar-refractivity contribution in [3.05, 3.63) is 60.0 Å². The summed E-state index contributed by atoms with van der Waals surface area (Å²) in [6.07, 6.45) is 2.65. The van der Waals surface area contributed by atoms with E-state index >= 15 is 0 Å². The lowest BCUT2D eigenvalue weighted by Gasteiger charge is -2.13. The highest BCUT2D eigenvalue weighted by Crippen LogP contribution is 2.43. The molecule has 3 aromatic rings. The number of carbonyl (C=O) groups is 2. The van der Waals surface area contributed by atoms with E-state index in [-0.39, 0.29) is 12.3 Å². The predicted octanol–water partition coefficient (Wildman–Crippen LogP) is 3.33. The Labute approximate surface area is 166 Å². The van der Waals surface area contributed by atoms with Gasteiger partial charge in [0.2, 0.25) is 5.91 Å². The summed E-state index contributed by atoms with van der Waals surface area (Å²) in [5.74, 6) is -0.0462. The Balaban J connectivity index is 1.47. The summed E-state index contributed by atoms with van der Waals surface area (Å²) < 4.78 is 15.9. The predicted molar refractivity (Wildman–Crippen MR) is 105 cm³/mol. The van der Waals surface area contributed by atoms with Gasteiger partial charge in [0.25, 0.3) is 0 Å². The van der Waals surface area contributed by atoms with Gasteiger partial charge in [0.05, 0.1) is 38.9 Å². The maximum atomic E-state index is 12.5. The third-order valence-corrected chi connectivity index (χ3v) is 4.73. The van der Waals surface area contributed by atoms with E-state index < -0.39 is 12.1 Å². The number of benzene rings is 2. The van der Waals surface area contributed by atoms with E-state index in [0.717, 1.165) is 11.3 Å². The number of aromatic amines is 1. The molecule has 2 heterocycles. The van der Waals surface area contributed by atoms with Crippen LogP contribution in [-0.4, -0.2) is 36.1 Å². The van der Waals surface area contributed by atoms with Gasteiger partial charge in [0.1, 0.15) is 11.7 Å². The molecule has 0 saturated heterocycles.